The lowest BCUT2D eigenvalue weighted by atomic mass is 9.83. The summed E-state index contributed by atoms with van der Waals surface area (Å²) in [4.78, 5) is 8.32. The van der Waals surface area contributed by atoms with Gasteiger partial charge in [0.1, 0.15) is 0 Å². The Kier molecular flexibility index (Phi) is 3.73. The van der Waals surface area contributed by atoms with E-state index in [0.717, 1.165) is 13.1 Å². The Bertz CT molecular complexity index is 362. The van der Waals surface area contributed by atoms with Crippen LogP contribution in [0.2, 0.25) is 0 Å². The lowest BCUT2D eigenvalue weighted by Gasteiger charge is -2.36. The number of nitrogens with one attached hydrogen (secondary N) is 1. The normalized spacial score (nSPS) is 21.5. The Morgan fingerprint density at radius 3 is 2.65 bits per heavy atom. The highest BCUT2D eigenvalue weighted by molar-refractivity contribution is 7.15. The molecule has 0 radical (unpaired) electrons. The van der Waals surface area contributed by atoms with Crippen LogP contribution in [0.15, 0.2) is 6.20 Å². The molecule has 1 aliphatic rings. The third-order valence-electron chi connectivity index (χ3n) is 3.76. The first-order chi connectivity index (χ1) is 8.02. The molecule has 0 spiro atoms. The molecule has 2 heterocycles. The Hall–Kier alpha value is -0.610. The summed E-state index contributed by atoms with van der Waals surface area (Å²) in [6.07, 6.45) is 4.55. The van der Waals surface area contributed by atoms with Crippen LogP contribution < -0.4 is 10.2 Å². The van der Waals surface area contributed by atoms with Crippen molar-refractivity contribution in [1.82, 2.24) is 10.3 Å². The molecule has 0 saturated carbocycles. The zero-order valence-electron chi connectivity index (χ0n) is 11.3. The van der Waals surface area contributed by atoms with E-state index in [0.29, 0.717) is 11.5 Å². The molecule has 96 valence electrons. The SMILES string of the molecule is CNC(C)c1cnc(N2CCC(C)(C)CC2)s1. The van der Waals surface area contributed by atoms with Gasteiger partial charge in [0.2, 0.25) is 0 Å². The fraction of sp³-hybridized carbons (Fsp3) is 0.769. The van der Waals surface area contributed by atoms with Crippen molar-refractivity contribution < 1.29 is 0 Å². The maximum Gasteiger partial charge on any atom is 0.185 e. The van der Waals surface area contributed by atoms with Crippen molar-refractivity contribution in [2.24, 2.45) is 5.41 Å². The van der Waals surface area contributed by atoms with Gasteiger partial charge in [0.05, 0.1) is 0 Å². The van der Waals surface area contributed by atoms with Crippen LogP contribution in [-0.2, 0) is 0 Å². The van der Waals surface area contributed by atoms with E-state index in [9.17, 15) is 0 Å². The van der Waals surface area contributed by atoms with E-state index in [1.807, 2.05) is 24.6 Å². The number of nitrogens with zero attached hydrogens (tertiary/aromatic N) is 2. The fourth-order valence-corrected chi connectivity index (χ4v) is 3.10. The third-order valence-corrected chi connectivity index (χ3v) is 5.00. The zero-order chi connectivity index (χ0) is 12.5. The van der Waals surface area contributed by atoms with Crippen molar-refractivity contribution in [3.63, 3.8) is 0 Å². The molecule has 1 fully saturated rings. The maximum absolute atomic E-state index is 4.56. The summed E-state index contributed by atoms with van der Waals surface area (Å²) in [6, 6.07) is 0.405. The van der Waals surface area contributed by atoms with Crippen LogP contribution in [0.25, 0.3) is 0 Å². The van der Waals surface area contributed by atoms with Crippen LogP contribution in [0.5, 0.6) is 0 Å². The van der Waals surface area contributed by atoms with Gasteiger partial charge in [0, 0.05) is 30.2 Å². The van der Waals surface area contributed by atoms with Crippen molar-refractivity contribution in [1.29, 1.82) is 0 Å². The van der Waals surface area contributed by atoms with Gasteiger partial charge in [-0.1, -0.05) is 13.8 Å². The van der Waals surface area contributed by atoms with Gasteiger partial charge in [0.15, 0.2) is 5.13 Å². The minimum atomic E-state index is 0.405. The fourth-order valence-electron chi connectivity index (χ4n) is 2.07. The third kappa shape index (κ3) is 2.99. The van der Waals surface area contributed by atoms with Crippen molar-refractivity contribution in [3.05, 3.63) is 11.1 Å². The molecule has 3 nitrogen and oxygen atoms in total. The predicted molar refractivity (Wildman–Crippen MR) is 74.8 cm³/mol. The summed E-state index contributed by atoms with van der Waals surface area (Å²) in [6.45, 7) is 9.19. The Labute approximate surface area is 108 Å². The summed E-state index contributed by atoms with van der Waals surface area (Å²) < 4.78 is 0. The van der Waals surface area contributed by atoms with Gasteiger partial charge in [-0.15, -0.1) is 11.3 Å². The average molecular weight is 253 g/mol. The molecule has 1 saturated heterocycles. The molecule has 1 atom stereocenters. The highest BCUT2D eigenvalue weighted by Gasteiger charge is 2.26. The first-order valence-corrected chi connectivity index (χ1v) is 7.21. The molecule has 0 bridgehead atoms. The van der Waals surface area contributed by atoms with Gasteiger partial charge < -0.3 is 10.2 Å². The summed E-state index contributed by atoms with van der Waals surface area (Å²) in [5.74, 6) is 0. The zero-order valence-corrected chi connectivity index (χ0v) is 12.1. The second kappa shape index (κ2) is 4.94. The molecule has 2 rings (SSSR count). The van der Waals surface area contributed by atoms with E-state index in [4.69, 9.17) is 0 Å². The quantitative estimate of drug-likeness (QED) is 0.897. The van der Waals surface area contributed by atoms with Crippen LogP contribution in [0, 0.1) is 5.41 Å². The lowest BCUT2D eigenvalue weighted by molar-refractivity contribution is 0.280. The first kappa shape index (κ1) is 12.8. The first-order valence-electron chi connectivity index (χ1n) is 6.40. The molecule has 1 aromatic rings. The molecule has 1 aliphatic heterocycles. The van der Waals surface area contributed by atoms with E-state index in [2.05, 4.69) is 36.0 Å². The van der Waals surface area contributed by atoms with Crippen LogP contribution >= 0.6 is 11.3 Å². The largest absolute Gasteiger partial charge is 0.348 e. The number of hydrogen-bond acceptors (Lipinski definition) is 4. The molecule has 0 aromatic carbocycles. The van der Waals surface area contributed by atoms with Crippen LogP contribution in [0.4, 0.5) is 5.13 Å². The topological polar surface area (TPSA) is 28.2 Å². The summed E-state index contributed by atoms with van der Waals surface area (Å²) in [7, 11) is 1.99. The summed E-state index contributed by atoms with van der Waals surface area (Å²) >= 11 is 1.82. The Balaban J connectivity index is 2.01. The molecular formula is C13H23N3S. The van der Waals surface area contributed by atoms with Crippen LogP contribution in [0.1, 0.15) is 44.5 Å². The number of piperidine rings is 1. The minimum Gasteiger partial charge on any atom is -0.348 e. The average Bonchev–Trinajstić information content (AvgIpc) is 2.77. The predicted octanol–water partition coefficient (Wildman–Crippen LogP) is 3.05. The number of anilines is 1. The Morgan fingerprint density at radius 2 is 2.06 bits per heavy atom. The van der Waals surface area contributed by atoms with E-state index in [-0.39, 0.29) is 0 Å². The van der Waals surface area contributed by atoms with Gasteiger partial charge in [-0.2, -0.15) is 0 Å². The van der Waals surface area contributed by atoms with Crippen molar-refractivity contribution in [3.8, 4) is 0 Å². The van der Waals surface area contributed by atoms with Gasteiger partial charge in [-0.3, -0.25) is 0 Å². The number of thiazole rings is 1. The smallest absolute Gasteiger partial charge is 0.185 e. The molecule has 0 aliphatic carbocycles. The molecule has 0 amide bonds. The standard InChI is InChI=1S/C13H23N3S/c1-10(14-4)11-9-15-12(17-11)16-7-5-13(2,3)6-8-16/h9-10,14H,5-8H2,1-4H3. The van der Waals surface area contributed by atoms with Gasteiger partial charge in [-0.05, 0) is 32.2 Å². The van der Waals surface area contributed by atoms with E-state index in [1.54, 1.807) is 0 Å². The Morgan fingerprint density at radius 1 is 1.41 bits per heavy atom. The second-order valence-electron chi connectivity index (χ2n) is 5.71. The number of rotatable bonds is 3. The van der Waals surface area contributed by atoms with Crippen LogP contribution in [0.3, 0.4) is 0 Å². The highest BCUT2D eigenvalue weighted by Crippen LogP contribution is 2.34. The summed E-state index contributed by atoms with van der Waals surface area (Å²) in [5.41, 5.74) is 0.509. The van der Waals surface area contributed by atoms with Crippen molar-refractivity contribution in [2.75, 3.05) is 25.0 Å². The molecule has 4 heteroatoms. The van der Waals surface area contributed by atoms with Crippen molar-refractivity contribution in [2.45, 2.75) is 39.7 Å². The van der Waals surface area contributed by atoms with E-state index < -0.39 is 0 Å². The van der Waals surface area contributed by atoms with Crippen LogP contribution in [-0.4, -0.2) is 25.1 Å². The highest BCUT2D eigenvalue weighted by atomic mass is 32.1. The van der Waals surface area contributed by atoms with Gasteiger partial charge in [-0.25, -0.2) is 4.98 Å². The number of hydrogen-bond donors (Lipinski definition) is 1. The molecule has 1 unspecified atom stereocenters. The molecule has 1 N–H and O–H groups in total. The molecule has 17 heavy (non-hydrogen) atoms. The minimum absolute atomic E-state index is 0.405. The number of aromatic nitrogens is 1. The second-order valence-corrected chi connectivity index (χ2v) is 6.75. The summed E-state index contributed by atoms with van der Waals surface area (Å²) in [5, 5.41) is 4.45. The monoisotopic (exact) mass is 253 g/mol. The molecule has 1 aromatic heterocycles. The van der Waals surface area contributed by atoms with E-state index >= 15 is 0 Å². The van der Waals surface area contributed by atoms with Gasteiger partial charge >= 0.3 is 0 Å². The van der Waals surface area contributed by atoms with E-state index in [1.165, 1.54) is 22.9 Å². The van der Waals surface area contributed by atoms with Gasteiger partial charge in [0.25, 0.3) is 0 Å². The molecular weight excluding hydrogens is 230 g/mol. The lowest BCUT2D eigenvalue weighted by Crippen LogP contribution is -2.37. The maximum atomic E-state index is 4.56. The van der Waals surface area contributed by atoms with Crippen molar-refractivity contribution >= 4 is 16.5 Å².